The normalized spacial score (nSPS) is 17.1. The van der Waals surface area contributed by atoms with Crippen LogP contribution in [0.15, 0.2) is 23.1 Å². The van der Waals surface area contributed by atoms with E-state index in [9.17, 15) is 4.79 Å². The highest BCUT2D eigenvalue weighted by Gasteiger charge is 2.29. The molecule has 1 heterocycles. The van der Waals surface area contributed by atoms with Crippen molar-refractivity contribution >= 4 is 23.4 Å². The molecule has 0 saturated carbocycles. The van der Waals surface area contributed by atoms with Crippen molar-refractivity contribution in [1.82, 2.24) is 5.32 Å². The van der Waals surface area contributed by atoms with E-state index in [1.807, 2.05) is 0 Å². The van der Waals surface area contributed by atoms with E-state index in [1.165, 1.54) is 4.90 Å². The number of amides is 1. The van der Waals surface area contributed by atoms with Crippen LogP contribution in [0.2, 0.25) is 0 Å². The maximum Gasteiger partial charge on any atom is 0.246 e. The highest BCUT2D eigenvalue weighted by Crippen LogP contribution is 2.34. The van der Waals surface area contributed by atoms with Crippen molar-refractivity contribution < 1.29 is 9.53 Å². The first-order valence-corrected chi connectivity index (χ1v) is 8.04. The van der Waals surface area contributed by atoms with E-state index in [0.717, 1.165) is 43.0 Å². The van der Waals surface area contributed by atoms with Gasteiger partial charge in [-0.15, -0.1) is 11.8 Å². The second kappa shape index (κ2) is 7.67. The molecule has 110 valence electrons. The molecule has 0 aromatic heterocycles. The number of ether oxygens (including phenoxy) is 1. The Balaban J connectivity index is 1.98. The number of rotatable bonds is 8. The van der Waals surface area contributed by atoms with E-state index < -0.39 is 0 Å². The zero-order valence-electron chi connectivity index (χ0n) is 12.1. The number of carbonyl (C=O) groups excluding carboxylic acids is 1. The van der Waals surface area contributed by atoms with Gasteiger partial charge in [-0.3, -0.25) is 4.79 Å². The van der Waals surface area contributed by atoms with Crippen LogP contribution in [-0.2, 0) is 9.53 Å². The highest BCUT2D eigenvalue weighted by atomic mass is 32.2. The molecule has 0 aliphatic carbocycles. The molecule has 1 aliphatic rings. The van der Waals surface area contributed by atoms with Gasteiger partial charge in [0.15, 0.2) is 0 Å². The summed E-state index contributed by atoms with van der Waals surface area (Å²) in [6.07, 6.45) is 2.05. The first-order chi connectivity index (χ1) is 9.76. The summed E-state index contributed by atoms with van der Waals surface area (Å²) in [5.41, 5.74) is 2.00. The molecule has 0 radical (unpaired) electrons. The number of hydrogen-bond acceptors (Lipinski definition) is 4. The molecule has 1 aliphatic heterocycles. The van der Waals surface area contributed by atoms with E-state index in [4.69, 9.17) is 4.74 Å². The number of benzene rings is 1. The maximum absolute atomic E-state index is 12.0. The van der Waals surface area contributed by atoms with E-state index in [0.29, 0.717) is 0 Å². The standard InChI is InChI=1S/C15H22N2O2S/c1-3-7-16-14-12-6-5-11(20-9-4-8-19-2)10-13(12)17-15(14)18/h5-6,10,14,16H,3-4,7-9H2,1-2H3,(H,17,18). The summed E-state index contributed by atoms with van der Waals surface area (Å²) in [4.78, 5) is 13.1. The largest absolute Gasteiger partial charge is 0.385 e. The molecule has 1 aromatic carbocycles. The summed E-state index contributed by atoms with van der Waals surface area (Å²) in [6.45, 7) is 3.74. The minimum Gasteiger partial charge on any atom is -0.385 e. The zero-order valence-corrected chi connectivity index (χ0v) is 12.9. The lowest BCUT2D eigenvalue weighted by Gasteiger charge is -2.10. The lowest BCUT2D eigenvalue weighted by atomic mass is 10.1. The van der Waals surface area contributed by atoms with E-state index in [1.54, 1.807) is 18.9 Å². The van der Waals surface area contributed by atoms with Crippen molar-refractivity contribution in [2.24, 2.45) is 0 Å². The molecule has 1 atom stereocenters. The molecule has 2 N–H and O–H groups in total. The summed E-state index contributed by atoms with van der Waals surface area (Å²) < 4.78 is 5.04. The summed E-state index contributed by atoms with van der Waals surface area (Å²) in [5, 5.41) is 6.24. The maximum atomic E-state index is 12.0. The number of anilines is 1. The van der Waals surface area contributed by atoms with Crippen LogP contribution in [0.4, 0.5) is 5.69 Å². The topological polar surface area (TPSA) is 50.4 Å². The first-order valence-electron chi connectivity index (χ1n) is 7.06. The minimum atomic E-state index is -0.197. The van der Waals surface area contributed by atoms with Gasteiger partial charge in [-0.1, -0.05) is 13.0 Å². The molecule has 20 heavy (non-hydrogen) atoms. The Morgan fingerprint density at radius 1 is 1.45 bits per heavy atom. The summed E-state index contributed by atoms with van der Waals surface area (Å²) in [6, 6.07) is 6.02. The molecule has 0 bridgehead atoms. The number of fused-ring (bicyclic) bond motifs is 1. The van der Waals surface area contributed by atoms with Crippen molar-refractivity contribution in [1.29, 1.82) is 0 Å². The van der Waals surface area contributed by atoms with Crippen molar-refractivity contribution in [3.63, 3.8) is 0 Å². The number of thioether (sulfide) groups is 1. The second-order valence-corrected chi connectivity index (χ2v) is 5.99. The first kappa shape index (κ1) is 15.4. The van der Waals surface area contributed by atoms with Gasteiger partial charge in [0.2, 0.25) is 5.91 Å². The Morgan fingerprint density at radius 3 is 3.05 bits per heavy atom. The van der Waals surface area contributed by atoms with Crippen molar-refractivity contribution in [2.75, 3.05) is 31.3 Å². The molecule has 0 fully saturated rings. The molecular weight excluding hydrogens is 272 g/mol. The quantitative estimate of drug-likeness (QED) is 0.572. The molecular formula is C15H22N2O2S. The number of carbonyl (C=O) groups is 1. The van der Waals surface area contributed by atoms with Crippen LogP contribution >= 0.6 is 11.8 Å². The van der Waals surface area contributed by atoms with Gasteiger partial charge in [0.1, 0.15) is 6.04 Å². The van der Waals surface area contributed by atoms with Crippen molar-refractivity contribution in [3.05, 3.63) is 23.8 Å². The van der Waals surface area contributed by atoms with Crippen LogP contribution in [0.25, 0.3) is 0 Å². The molecule has 5 heteroatoms. The fourth-order valence-corrected chi connectivity index (χ4v) is 3.08. The van der Waals surface area contributed by atoms with Gasteiger partial charge in [0.05, 0.1) is 0 Å². The third-order valence-corrected chi connectivity index (χ3v) is 4.30. The second-order valence-electron chi connectivity index (χ2n) is 4.82. The third kappa shape index (κ3) is 3.75. The lowest BCUT2D eigenvalue weighted by molar-refractivity contribution is -0.117. The Bertz CT molecular complexity index is 465. The number of nitrogens with one attached hydrogen (secondary N) is 2. The van der Waals surface area contributed by atoms with E-state index in [-0.39, 0.29) is 11.9 Å². The van der Waals surface area contributed by atoms with Crippen molar-refractivity contribution in [2.45, 2.75) is 30.7 Å². The molecule has 4 nitrogen and oxygen atoms in total. The molecule has 1 aromatic rings. The van der Waals surface area contributed by atoms with E-state index >= 15 is 0 Å². The predicted molar refractivity (Wildman–Crippen MR) is 83.3 cm³/mol. The Hall–Kier alpha value is -1.04. The molecule has 1 amide bonds. The Morgan fingerprint density at radius 2 is 2.30 bits per heavy atom. The predicted octanol–water partition coefficient (Wildman–Crippen LogP) is 2.81. The van der Waals surface area contributed by atoms with Gasteiger partial charge < -0.3 is 15.4 Å². The van der Waals surface area contributed by atoms with Gasteiger partial charge in [0.25, 0.3) is 0 Å². The van der Waals surface area contributed by atoms with Crippen LogP contribution < -0.4 is 10.6 Å². The van der Waals surface area contributed by atoms with Crippen LogP contribution in [0, 0.1) is 0 Å². The van der Waals surface area contributed by atoms with Gasteiger partial charge in [-0.25, -0.2) is 0 Å². The number of methoxy groups -OCH3 is 1. The Labute approximate surface area is 124 Å². The number of hydrogen-bond donors (Lipinski definition) is 2. The molecule has 2 rings (SSSR count). The van der Waals surface area contributed by atoms with Gasteiger partial charge in [-0.05, 0) is 31.5 Å². The average Bonchev–Trinajstić information content (AvgIpc) is 2.76. The van der Waals surface area contributed by atoms with Gasteiger partial charge in [0, 0.05) is 35.6 Å². The average molecular weight is 294 g/mol. The summed E-state index contributed by atoms with van der Waals surface area (Å²) >= 11 is 1.79. The SMILES string of the molecule is CCCNC1C(=O)Nc2cc(SCCCOC)ccc21. The van der Waals surface area contributed by atoms with E-state index in [2.05, 4.69) is 35.8 Å². The van der Waals surface area contributed by atoms with Gasteiger partial charge >= 0.3 is 0 Å². The molecule has 0 saturated heterocycles. The smallest absolute Gasteiger partial charge is 0.246 e. The minimum absolute atomic E-state index is 0.0509. The van der Waals surface area contributed by atoms with Gasteiger partial charge in [-0.2, -0.15) is 0 Å². The monoisotopic (exact) mass is 294 g/mol. The highest BCUT2D eigenvalue weighted by molar-refractivity contribution is 7.99. The van der Waals surface area contributed by atoms with Crippen LogP contribution in [0.5, 0.6) is 0 Å². The summed E-state index contributed by atoms with van der Waals surface area (Å²) in [5.74, 6) is 1.08. The lowest BCUT2D eigenvalue weighted by Crippen LogP contribution is -2.27. The molecule has 1 unspecified atom stereocenters. The third-order valence-electron chi connectivity index (χ3n) is 3.22. The zero-order chi connectivity index (χ0) is 14.4. The summed E-state index contributed by atoms with van der Waals surface area (Å²) in [7, 11) is 1.72. The van der Waals surface area contributed by atoms with Crippen LogP contribution in [0.1, 0.15) is 31.4 Å². The fourth-order valence-electron chi connectivity index (χ4n) is 2.22. The molecule has 0 spiro atoms. The Kier molecular flexibility index (Phi) is 5.88. The fraction of sp³-hybridized carbons (Fsp3) is 0.533. The van der Waals surface area contributed by atoms with Crippen LogP contribution in [-0.4, -0.2) is 31.9 Å². The van der Waals surface area contributed by atoms with Crippen molar-refractivity contribution in [3.8, 4) is 0 Å². The van der Waals surface area contributed by atoms with Crippen LogP contribution in [0.3, 0.4) is 0 Å².